The van der Waals surface area contributed by atoms with E-state index in [0.717, 1.165) is 23.8 Å². The van der Waals surface area contributed by atoms with E-state index in [1.807, 2.05) is 38.1 Å². The van der Waals surface area contributed by atoms with Crippen LogP contribution in [0.5, 0.6) is 0 Å². The van der Waals surface area contributed by atoms with Crippen LogP contribution in [0.15, 0.2) is 73.4 Å². The molecule has 9 nitrogen and oxygen atoms in total. The third-order valence-electron chi connectivity index (χ3n) is 7.16. The van der Waals surface area contributed by atoms with Crippen LogP contribution in [0.1, 0.15) is 63.1 Å². The van der Waals surface area contributed by atoms with E-state index in [9.17, 15) is 18.8 Å². The highest BCUT2D eigenvalue weighted by atomic mass is 19.1. The Hall–Kier alpha value is -4.99. The monoisotopic (exact) mass is 554 g/mol. The van der Waals surface area contributed by atoms with Crippen LogP contribution in [-0.4, -0.2) is 43.9 Å². The first-order valence-electron chi connectivity index (χ1n) is 13.4. The highest BCUT2D eigenvalue weighted by Crippen LogP contribution is 2.33. The SMILES string of the molecule is C=CC(=O)Nc1cc(F)ccc1Cn1nc(C(=O)Nc2cccc(CC)c2)c2c1[C@H](C)CN(C(=O)c1ccc[nH]1)C2. The number of H-pyrrole nitrogens is 1. The van der Waals surface area contributed by atoms with Gasteiger partial charge in [-0.2, -0.15) is 5.10 Å². The lowest BCUT2D eigenvalue weighted by atomic mass is 9.95. The van der Waals surface area contributed by atoms with E-state index in [0.29, 0.717) is 29.1 Å². The number of nitrogens with one attached hydrogen (secondary N) is 3. The second-order valence-electron chi connectivity index (χ2n) is 10.0. The number of carbonyl (C=O) groups is 3. The first-order chi connectivity index (χ1) is 19.8. The Balaban J connectivity index is 1.54. The molecule has 3 N–H and O–H groups in total. The van der Waals surface area contributed by atoms with Crippen LogP contribution >= 0.6 is 0 Å². The molecule has 1 atom stereocenters. The van der Waals surface area contributed by atoms with Crippen molar-refractivity contribution in [2.24, 2.45) is 0 Å². The van der Waals surface area contributed by atoms with Gasteiger partial charge >= 0.3 is 0 Å². The molecule has 2 aromatic heterocycles. The molecule has 5 rings (SSSR count). The van der Waals surface area contributed by atoms with Gasteiger partial charge in [0.15, 0.2) is 5.69 Å². The van der Waals surface area contributed by atoms with Crippen molar-refractivity contribution in [2.45, 2.75) is 39.3 Å². The number of halogens is 1. The Labute approximate surface area is 237 Å². The quantitative estimate of drug-likeness (QED) is 0.263. The van der Waals surface area contributed by atoms with Gasteiger partial charge < -0.3 is 20.5 Å². The maximum atomic E-state index is 14.1. The summed E-state index contributed by atoms with van der Waals surface area (Å²) >= 11 is 0. The summed E-state index contributed by atoms with van der Waals surface area (Å²) in [6.07, 6.45) is 3.63. The summed E-state index contributed by atoms with van der Waals surface area (Å²) in [6, 6.07) is 15.2. The molecule has 1 aliphatic rings. The summed E-state index contributed by atoms with van der Waals surface area (Å²) in [7, 11) is 0. The average molecular weight is 555 g/mol. The standard InChI is InChI=1S/C31H31FN6O3/c1-4-20-8-6-9-23(14-20)34-30(40)28-24-18-37(31(41)25-10-7-13-33-25)16-19(3)29(24)38(36-28)17-21-11-12-22(32)15-26(21)35-27(39)5-2/h5-15,19,33H,2,4,16-18H2,1,3H3,(H,34,40)(H,35,39)/t19-/m1/s1. The van der Waals surface area contributed by atoms with E-state index < -0.39 is 17.6 Å². The summed E-state index contributed by atoms with van der Waals surface area (Å²) in [5.41, 5.74) is 4.73. The molecule has 0 spiro atoms. The number of rotatable bonds is 8. The molecule has 10 heteroatoms. The van der Waals surface area contributed by atoms with Crippen LogP contribution in [0.3, 0.4) is 0 Å². The topological polar surface area (TPSA) is 112 Å². The van der Waals surface area contributed by atoms with Gasteiger partial charge in [0, 0.05) is 41.3 Å². The number of anilines is 2. The van der Waals surface area contributed by atoms with E-state index in [-0.39, 0.29) is 36.3 Å². The van der Waals surface area contributed by atoms with Crippen LogP contribution in [0.2, 0.25) is 0 Å². The van der Waals surface area contributed by atoms with Gasteiger partial charge in [-0.05, 0) is 60.0 Å². The molecule has 0 saturated carbocycles. The van der Waals surface area contributed by atoms with Gasteiger partial charge in [0.25, 0.3) is 11.8 Å². The van der Waals surface area contributed by atoms with Crippen molar-refractivity contribution in [3.8, 4) is 0 Å². The van der Waals surface area contributed by atoms with Crippen LogP contribution in [0.4, 0.5) is 15.8 Å². The van der Waals surface area contributed by atoms with Crippen molar-refractivity contribution in [1.82, 2.24) is 19.7 Å². The molecule has 0 unspecified atom stereocenters. The molecule has 2 aromatic carbocycles. The van der Waals surface area contributed by atoms with Gasteiger partial charge in [-0.15, -0.1) is 0 Å². The largest absolute Gasteiger partial charge is 0.357 e. The van der Waals surface area contributed by atoms with Gasteiger partial charge in [-0.25, -0.2) is 4.39 Å². The number of benzene rings is 2. The number of amides is 3. The van der Waals surface area contributed by atoms with Crippen molar-refractivity contribution < 1.29 is 18.8 Å². The Morgan fingerprint density at radius 2 is 1.98 bits per heavy atom. The Bertz CT molecular complexity index is 1620. The minimum Gasteiger partial charge on any atom is -0.357 e. The summed E-state index contributed by atoms with van der Waals surface area (Å²) in [6.45, 7) is 8.26. The zero-order chi connectivity index (χ0) is 29.1. The third-order valence-corrected chi connectivity index (χ3v) is 7.16. The van der Waals surface area contributed by atoms with Crippen molar-refractivity contribution in [3.05, 3.63) is 113 Å². The minimum absolute atomic E-state index is 0.165. The number of aryl methyl sites for hydroxylation is 1. The number of aromatic amines is 1. The maximum absolute atomic E-state index is 14.1. The second-order valence-corrected chi connectivity index (χ2v) is 10.0. The molecule has 41 heavy (non-hydrogen) atoms. The zero-order valence-electron chi connectivity index (χ0n) is 22.9. The van der Waals surface area contributed by atoms with E-state index >= 15 is 0 Å². The Kier molecular flexibility index (Phi) is 7.82. The number of aromatic nitrogens is 3. The molecule has 1 aliphatic heterocycles. The number of nitrogens with zero attached hydrogens (tertiary/aromatic N) is 3. The molecule has 0 fully saturated rings. The first kappa shape index (κ1) is 27.6. The number of hydrogen-bond donors (Lipinski definition) is 3. The molecule has 3 heterocycles. The van der Waals surface area contributed by atoms with Crippen LogP contribution in [0.25, 0.3) is 0 Å². The third kappa shape index (κ3) is 5.81. The second kappa shape index (κ2) is 11.6. The minimum atomic E-state index is -0.503. The molecule has 0 bridgehead atoms. The average Bonchev–Trinajstić information content (AvgIpc) is 3.63. The number of carbonyl (C=O) groups excluding carboxylic acids is 3. The van der Waals surface area contributed by atoms with Crippen LogP contribution in [0, 0.1) is 5.82 Å². The van der Waals surface area contributed by atoms with Crippen LogP contribution < -0.4 is 10.6 Å². The molecular formula is C31H31FN6O3. The molecule has 210 valence electrons. The lowest BCUT2D eigenvalue weighted by Gasteiger charge is -2.32. The smallest absolute Gasteiger partial charge is 0.276 e. The van der Waals surface area contributed by atoms with Gasteiger partial charge in [-0.3, -0.25) is 19.1 Å². The van der Waals surface area contributed by atoms with Crippen LogP contribution in [-0.2, 0) is 24.3 Å². The van der Waals surface area contributed by atoms with E-state index in [1.165, 1.54) is 12.1 Å². The van der Waals surface area contributed by atoms with Gasteiger partial charge in [-0.1, -0.05) is 38.6 Å². The van der Waals surface area contributed by atoms with E-state index in [4.69, 9.17) is 5.10 Å². The fourth-order valence-electron chi connectivity index (χ4n) is 5.19. The fourth-order valence-corrected chi connectivity index (χ4v) is 5.19. The maximum Gasteiger partial charge on any atom is 0.276 e. The normalized spacial score (nSPS) is 14.3. The highest BCUT2D eigenvalue weighted by molar-refractivity contribution is 6.04. The lowest BCUT2D eigenvalue weighted by molar-refractivity contribution is -0.111. The summed E-state index contributed by atoms with van der Waals surface area (Å²) < 4.78 is 15.8. The zero-order valence-corrected chi connectivity index (χ0v) is 22.9. The summed E-state index contributed by atoms with van der Waals surface area (Å²) in [5.74, 6) is -1.71. The van der Waals surface area contributed by atoms with Crippen molar-refractivity contribution in [2.75, 3.05) is 17.2 Å². The highest BCUT2D eigenvalue weighted by Gasteiger charge is 2.35. The Morgan fingerprint density at radius 1 is 1.15 bits per heavy atom. The lowest BCUT2D eigenvalue weighted by Crippen LogP contribution is -2.38. The van der Waals surface area contributed by atoms with Gasteiger partial charge in [0.2, 0.25) is 5.91 Å². The van der Waals surface area contributed by atoms with E-state index in [1.54, 1.807) is 34.0 Å². The number of hydrogen-bond acceptors (Lipinski definition) is 4. The van der Waals surface area contributed by atoms with Gasteiger partial charge in [0.05, 0.1) is 13.1 Å². The molecule has 3 amide bonds. The Morgan fingerprint density at radius 3 is 2.71 bits per heavy atom. The van der Waals surface area contributed by atoms with Crippen molar-refractivity contribution >= 4 is 29.1 Å². The molecule has 0 radical (unpaired) electrons. The summed E-state index contributed by atoms with van der Waals surface area (Å²) in [4.78, 5) is 43.6. The molecular weight excluding hydrogens is 523 g/mol. The van der Waals surface area contributed by atoms with Crippen molar-refractivity contribution in [3.63, 3.8) is 0 Å². The molecule has 0 aliphatic carbocycles. The van der Waals surface area contributed by atoms with E-state index in [2.05, 4.69) is 22.2 Å². The molecule has 4 aromatic rings. The predicted molar refractivity (Wildman–Crippen MR) is 154 cm³/mol. The first-order valence-corrected chi connectivity index (χ1v) is 13.4. The van der Waals surface area contributed by atoms with Crippen molar-refractivity contribution in [1.29, 1.82) is 0 Å². The predicted octanol–water partition coefficient (Wildman–Crippen LogP) is 5.10. The fraction of sp³-hybridized carbons (Fsp3) is 0.226. The van der Waals surface area contributed by atoms with Gasteiger partial charge in [0.1, 0.15) is 11.5 Å². The summed E-state index contributed by atoms with van der Waals surface area (Å²) in [5, 5.41) is 10.3. The molecule has 0 saturated heterocycles. The number of fused-ring (bicyclic) bond motifs is 1.